The normalized spacial score (nSPS) is 14.8. The van der Waals surface area contributed by atoms with Crippen molar-refractivity contribution in [3.63, 3.8) is 0 Å². The van der Waals surface area contributed by atoms with Crippen LogP contribution in [0.2, 0.25) is 0 Å². The minimum Gasteiger partial charge on any atom is -0.320 e. The highest BCUT2D eigenvalue weighted by atomic mass is 15.1. The topological polar surface area (TPSA) is 17.8 Å². The molecule has 1 aromatic heterocycles. The molecule has 1 aliphatic heterocycles. The van der Waals surface area contributed by atoms with Crippen molar-refractivity contribution in [2.24, 2.45) is 0 Å². The van der Waals surface area contributed by atoms with Crippen molar-refractivity contribution < 1.29 is 0 Å². The first-order valence-electron chi connectivity index (χ1n) is 8.22. The van der Waals surface area contributed by atoms with Crippen LogP contribution in [0.5, 0.6) is 0 Å². The van der Waals surface area contributed by atoms with E-state index in [-0.39, 0.29) is 0 Å². The first kappa shape index (κ1) is 13.3. The lowest BCUT2D eigenvalue weighted by Crippen LogP contribution is -1.97. The number of benzene rings is 2. The van der Waals surface area contributed by atoms with E-state index >= 15 is 0 Å². The fraction of sp³-hybridized carbons (Fsp3) is 0.0455. The smallest absolute Gasteiger partial charge is 0.141 e. The zero-order valence-electron chi connectivity index (χ0n) is 13.2. The van der Waals surface area contributed by atoms with Gasteiger partial charge in [0.25, 0.3) is 0 Å². The SMILES string of the molecule is C1=Cc2nc(-c3ccccc3)n3c2C(=CC3)C(c2ccccc2)=C1. The Bertz CT molecular complexity index is 1000. The standard InChI is InChI=1S/C22H16N2/c1-3-8-16(9-4-1)18-12-7-13-20-21-19(18)14-15-24(21)22(23-20)17-10-5-2-6-11-17/h1-14H,15H2. The van der Waals surface area contributed by atoms with Gasteiger partial charge in [0.05, 0.1) is 11.4 Å². The summed E-state index contributed by atoms with van der Waals surface area (Å²) in [4.78, 5) is 4.91. The van der Waals surface area contributed by atoms with E-state index in [1.54, 1.807) is 0 Å². The van der Waals surface area contributed by atoms with Crippen molar-refractivity contribution in [2.75, 3.05) is 0 Å². The molecule has 0 atom stereocenters. The molecule has 0 amide bonds. The number of imidazole rings is 1. The molecule has 0 spiro atoms. The monoisotopic (exact) mass is 308 g/mol. The second-order valence-corrected chi connectivity index (χ2v) is 6.07. The molecule has 0 saturated heterocycles. The number of aromatic nitrogens is 2. The maximum Gasteiger partial charge on any atom is 0.141 e. The Morgan fingerprint density at radius 3 is 2.25 bits per heavy atom. The highest BCUT2D eigenvalue weighted by molar-refractivity contribution is 6.08. The maximum absolute atomic E-state index is 4.91. The Balaban J connectivity index is 1.68. The minimum absolute atomic E-state index is 0.875. The van der Waals surface area contributed by atoms with Gasteiger partial charge in [-0.15, -0.1) is 0 Å². The molecular formula is C22H16N2. The molecule has 0 N–H and O–H groups in total. The zero-order valence-corrected chi connectivity index (χ0v) is 13.2. The van der Waals surface area contributed by atoms with Crippen molar-refractivity contribution in [3.05, 3.63) is 95.8 Å². The van der Waals surface area contributed by atoms with Gasteiger partial charge >= 0.3 is 0 Å². The molecule has 0 bridgehead atoms. The first-order valence-corrected chi connectivity index (χ1v) is 8.22. The molecule has 114 valence electrons. The zero-order chi connectivity index (χ0) is 15.9. The van der Waals surface area contributed by atoms with Gasteiger partial charge in [0.2, 0.25) is 0 Å². The average molecular weight is 308 g/mol. The van der Waals surface area contributed by atoms with Crippen LogP contribution in [0.1, 0.15) is 17.0 Å². The van der Waals surface area contributed by atoms with Crippen molar-refractivity contribution in [1.82, 2.24) is 9.55 Å². The van der Waals surface area contributed by atoms with Crippen LogP contribution in [0.3, 0.4) is 0 Å². The van der Waals surface area contributed by atoms with E-state index in [1.165, 1.54) is 28.0 Å². The summed E-state index contributed by atoms with van der Waals surface area (Å²) in [6.07, 6.45) is 8.74. The van der Waals surface area contributed by atoms with Crippen LogP contribution in [0.25, 0.3) is 28.6 Å². The summed E-state index contributed by atoms with van der Waals surface area (Å²) in [5.41, 5.74) is 7.26. The van der Waals surface area contributed by atoms with E-state index in [0.29, 0.717) is 0 Å². The maximum atomic E-state index is 4.91. The van der Waals surface area contributed by atoms with E-state index in [9.17, 15) is 0 Å². The van der Waals surface area contributed by atoms with Gasteiger partial charge in [0.1, 0.15) is 5.82 Å². The molecule has 0 radical (unpaired) electrons. The molecule has 2 aromatic carbocycles. The Labute approximate surface area is 141 Å². The first-order chi connectivity index (χ1) is 11.9. The highest BCUT2D eigenvalue weighted by Gasteiger charge is 2.27. The Hall–Kier alpha value is -3.13. The minimum atomic E-state index is 0.875. The van der Waals surface area contributed by atoms with Crippen LogP contribution < -0.4 is 0 Å². The number of hydrogen-bond acceptors (Lipinski definition) is 1. The van der Waals surface area contributed by atoms with E-state index in [4.69, 9.17) is 4.98 Å². The van der Waals surface area contributed by atoms with E-state index in [1.807, 2.05) is 6.07 Å². The summed E-state index contributed by atoms with van der Waals surface area (Å²) in [6, 6.07) is 21.0. The molecule has 24 heavy (non-hydrogen) atoms. The van der Waals surface area contributed by atoms with Gasteiger partial charge in [-0.05, 0) is 17.2 Å². The molecule has 0 saturated carbocycles. The van der Waals surface area contributed by atoms with Crippen LogP contribution in [-0.4, -0.2) is 9.55 Å². The molecule has 2 aliphatic rings. The lowest BCUT2D eigenvalue weighted by atomic mass is 9.96. The summed E-state index contributed by atoms with van der Waals surface area (Å²) in [5, 5.41) is 0. The molecule has 2 heterocycles. The van der Waals surface area contributed by atoms with Gasteiger partial charge in [0.15, 0.2) is 0 Å². The lowest BCUT2D eigenvalue weighted by Gasteiger charge is -2.09. The summed E-state index contributed by atoms with van der Waals surface area (Å²) in [5.74, 6) is 1.05. The lowest BCUT2D eigenvalue weighted by molar-refractivity contribution is 0.847. The van der Waals surface area contributed by atoms with Crippen LogP contribution in [-0.2, 0) is 6.54 Å². The quantitative estimate of drug-likeness (QED) is 0.647. The van der Waals surface area contributed by atoms with Crippen molar-refractivity contribution >= 4 is 17.2 Å². The van der Waals surface area contributed by atoms with Gasteiger partial charge in [-0.25, -0.2) is 4.98 Å². The van der Waals surface area contributed by atoms with Gasteiger partial charge < -0.3 is 4.57 Å². The van der Waals surface area contributed by atoms with Crippen LogP contribution in [0.4, 0.5) is 0 Å². The van der Waals surface area contributed by atoms with Gasteiger partial charge in [-0.2, -0.15) is 0 Å². The molecule has 3 aromatic rings. The summed E-state index contributed by atoms with van der Waals surface area (Å²) >= 11 is 0. The second kappa shape index (κ2) is 5.20. The summed E-state index contributed by atoms with van der Waals surface area (Å²) in [6.45, 7) is 0.875. The predicted octanol–water partition coefficient (Wildman–Crippen LogP) is 5.06. The molecule has 5 rings (SSSR count). The summed E-state index contributed by atoms with van der Waals surface area (Å²) < 4.78 is 2.33. The van der Waals surface area contributed by atoms with E-state index in [0.717, 1.165) is 18.1 Å². The molecule has 2 heteroatoms. The number of hydrogen-bond donors (Lipinski definition) is 0. The van der Waals surface area contributed by atoms with E-state index in [2.05, 4.69) is 83.5 Å². The van der Waals surface area contributed by atoms with Crippen LogP contribution in [0, 0.1) is 0 Å². The van der Waals surface area contributed by atoms with Crippen molar-refractivity contribution in [3.8, 4) is 11.4 Å². The average Bonchev–Trinajstić information content (AvgIpc) is 3.16. The van der Waals surface area contributed by atoms with Crippen LogP contribution in [0.15, 0.2) is 78.9 Å². The van der Waals surface area contributed by atoms with Crippen molar-refractivity contribution in [1.29, 1.82) is 0 Å². The number of nitrogens with zero attached hydrogens (tertiary/aromatic N) is 2. The highest BCUT2D eigenvalue weighted by Crippen LogP contribution is 2.41. The Morgan fingerprint density at radius 1 is 0.792 bits per heavy atom. The third-order valence-corrected chi connectivity index (χ3v) is 4.65. The predicted molar refractivity (Wildman–Crippen MR) is 99.1 cm³/mol. The van der Waals surface area contributed by atoms with Crippen molar-refractivity contribution in [2.45, 2.75) is 6.54 Å². The largest absolute Gasteiger partial charge is 0.320 e. The molecular weight excluding hydrogens is 292 g/mol. The summed E-state index contributed by atoms with van der Waals surface area (Å²) in [7, 11) is 0. The Kier molecular flexibility index (Phi) is 2.89. The molecule has 2 nitrogen and oxygen atoms in total. The molecule has 0 fully saturated rings. The number of rotatable bonds is 2. The van der Waals surface area contributed by atoms with Gasteiger partial charge in [-0.3, -0.25) is 0 Å². The third kappa shape index (κ3) is 1.93. The fourth-order valence-electron chi connectivity index (χ4n) is 3.57. The molecule has 0 unspecified atom stereocenters. The number of allylic oxidation sites excluding steroid dienone is 5. The van der Waals surface area contributed by atoms with E-state index < -0.39 is 0 Å². The fourth-order valence-corrected chi connectivity index (χ4v) is 3.57. The Morgan fingerprint density at radius 2 is 1.50 bits per heavy atom. The third-order valence-electron chi connectivity index (χ3n) is 4.65. The molecule has 1 aliphatic carbocycles. The van der Waals surface area contributed by atoms with Gasteiger partial charge in [0, 0.05) is 17.7 Å². The van der Waals surface area contributed by atoms with Crippen LogP contribution >= 0.6 is 0 Å². The van der Waals surface area contributed by atoms with Gasteiger partial charge in [-0.1, -0.05) is 78.9 Å². The second-order valence-electron chi connectivity index (χ2n) is 6.07.